The number of para-hydroxylation sites is 3. The Balaban J connectivity index is 0.000000210. The molecule has 15 nitrogen and oxygen atoms in total. The van der Waals surface area contributed by atoms with E-state index in [1.807, 2.05) is 254 Å². The summed E-state index contributed by atoms with van der Waals surface area (Å²) in [7, 11) is 6.00. The van der Waals surface area contributed by atoms with E-state index in [2.05, 4.69) is 184 Å². The SMILES string of the molecule is CC(O)CC(C)O.CC(O)CC(C)O.CC(O)CC(C)O.CC1(C)CC(c2ccc3c(-c4[c-]cccc4)nccc3c2)CC(C)(C)C1.CC1(C)CCC(c2ccc3c(-c4[c-]cccc4)nccc3c2)CC1.CN1C=CN(c2[c-]cccc2)[CH-]1.CN1C=CN(c2[c-]cccc2)[CH-]1.CN1C=CN(c2[c-]cccc2)[CH-]1.[Ir+3].[Ir+3].[Ir+3].[c-]1ccccc1-c1nccc2cc(C3CCCCC3)ccc12. The molecule has 9 aromatic carbocycles. The van der Waals surface area contributed by atoms with E-state index in [9.17, 15) is 0 Å². The fourth-order valence-corrected chi connectivity index (χ4v) is 17.8. The smallest absolute Gasteiger partial charge is 0.510 e. The first-order chi connectivity index (χ1) is 61.8. The third-order valence-corrected chi connectivity index (χ3v) is 23.4. The Morgan fingerprint density at radius 1 is 0.333 bits per heavy atom. The van der Waals surface area contributed by atoms with Gasteiger partial charge in [0.05, 0.1) is 36.6 Å². The molecular weight excluding hydrogens is 2170 g/mol. The Labute approximate surface area is 830 Å². The Morgan fingerprint density at radius 3 is 0.864 bits per heavy atom. The van der Waals surface area contributed by atoms with Crippen LogP contribution in [0.25, 0.3) is 66.1 Å². The van der Waals surface area contributed by atoms with E-state index in [4.69, 9.17) is 30.6 Å². The second kappa shape index (κ2) is 55.1. The summed E-state index contributed by atoms with van der Waals surface area (Å²) in [6.07, 6.45) is 32.9. The molecule has 6 unspecified atom stereocenters. The van der Waals surface area contributed by atoms with Gasteiger partial charge in [0.15, 0.2) is 0 Å². The zero-order valence-corrected chi connectivity index (χ0v) is 86.9. The molecule has 702 valence electrons. The summed E-state index contributed by atoms with van der Waals surface area (Å²) >= 11 is 0. The quantitative estimate of drug-likeness (QED) is 0.0534. The van der Waals surface area contributed by atoms with Crippen LogP contribution in [0, 0.1) is 72.6 Å². The molecule has 3 aromatic heterocycles. The van der Waals surface area contributed by atoms with Crippen LogP contribution < -0.4 is 14.7 Å². The summed E-state index contributed by atoms with van der Waals surface area (Å²) in [6, 6.07) is 94.6. The summed E-state index contributed by atoms with van der Waals surface area (Å²) in [5, 5.41) is 58.9. The minimum absolute atomic E-state index is 0. The van der Waals surface area contributed by atoms with E-state index >= 15 is 0 Å². The molecule has 0 radical (unpaired) electrons. The molecule has 6 atom stereocenters. The van der Waals surface area contributed by atoms with Gasteiger partial charge in [-0.2, -0.15) is 111 Å². The zero-order valence-electron chi connectivity index (χ0n) is 79.7. The number of aromatic nitrogens is 3. The molecule has 12 aromatic rings. The zero-order chi connectivity index (χ0) is 92.5. The standard InChI is InChI=1S/C25H28N.C23H24N.C21H20N.3C10H10N2.3C5H12O2.3Ir/c1-24(2)15-21(16-25(3,4)17-24)19-10-11-22-20(14-19)12-13-26-23(22)18-8-6-5-7-9-18;1-23(2)13-10-17(11-14-23)19-8-9-21-20(16-19)12-15-24-22(21)18-6-4-3-5-7-18;1-3-7-16(8-4-1)18-11-12-20-19(15-18)13-14-22-21(20)17-9-5-2-6-10-17;3*1-11-7-8-12(9-11)10-5-3-2-4-6-10;3*1-4(6)3-5(2)7;;;/h5-8,10-14,21H,15-17H2,1-4H3;3-6,8-9,12,15-17H,10-11,13-14H2,1-2H3;2,5-6,9,11-16H,1,3-4,7-8H2;3*2-5,7-9H,1H3;3*4-7H,3H2,1-2H3;;;/q3*-1;3*-2;;;;3*+3. The first-order valence-electron chi connectivity index (χ1n) is 46.0. The number of aliphatic hydroxyl groups excluding tert-OH is 6. The van der Waals surface area contributed by atoms with Gasteiger partial charge in [0, 0.05) is 18.6 Å². The fourth-order valence-electron chi connectivity index (χ4n) is 17.8. The van der Waals surface area contributed by atoms with E-state index < -0.39 is 0 Å². The normalized spacial score (nSPS) is 17.1. The maximum atomic E-state index is 8.56. The molecule has 3 aliphatic carbocycles. The van der Waals surface area contributed by atoms with E-state index in [-0.39, 0.29) is 96.9 Å². The number of anilines is 3. The summed E-state index contributed by atoms with van der Waals surface area (Å²) in [5.74, 6) is 2.10. The van der Waals surface area contributed by atoms with Crippen molar-refractivity contribution in [2.24, 2.45) is 16.2 Å². The number of hydrogen-bond acceptors (Lipinski definition) is 15. The fraction of sp³-hybridized carbons (Fsp3) is 0.368. The van der Waals surface area contributed by atoms with E-state index in [1.54, 1.807) is 41.5 Å². The van der Waals surface area contributed by atoms with Crippen LogP contribution in [0.5, 0.6) is 0 Å². The number of nitrogens with zero attached hydrogens (tertiary/aromatic N) is 9. The number of fused-ring (bicyclic) bond motifs is 3. The van der Waals surface area contributed by atoms with Gasteiger partial charge in [-0.25, -0.2) is 0 Å². The minimum Gasteiger partial charge on any atom is -0.510 e. The molecule has 18 heteroatoms. The van der Waals surface area contributed by atoms with Crippen LogP contribution in [0.4, 0.5) is 17.1 Å². The molecule has 6 N–H and O–H groups in total. The van der Waals surface area contributed by atoms with Gasteiger partial charge in [0.1, 0.15) is 0 Å². The van der Waals surface area contributed by atoms with Crippen LogP contribution in [0.3, 0.4) is 0 Å². The van der Waals surface area contributed by atoms with Gasteiger partial charge in [-0.15, -0.1) is 125 Å². The van der Waals surface area contributed by atoms with Gasteiger partial charge in [-0.3, -0.25) is 0 Å². The van der Waals surface area contributed by atoms with Crippen LogP contribution in [0.2, 0.25) is 0 Å². The average Bonchev–Trinajstić information content (AvgIpc) is 1.62. The molecule has 0 saturated heterocycles. The maximum Gasteiger partial charge on any atom is 3.00 e. The number of pyridine rings is 3. The Kier molecular flexibility index (Phi) is 45.9. The molecule has 3 fully saturated rings. The first-order valence-corrected chi connectivity index (χ1v) is 46.0. The van der Waals surface area contributed by atoms with Gasteiger partial charge in [-0.05, 0) is 295 Å². The van der Waals surface area contributed by atoms with Crippen molar-refractivity contribution in [2.45, 2.75) is 234 Å². The van der Waals surface area contributed by atoms with Gasteiger partial charge in [-0.1, -0.05) is 115 Å². The number of benzene rings is 9. The van der Waals surface area contributed by atoms with Crippen molar-refractivity contribution in [3.05, 3.63) is 347 Å². The molecule has 3 aliphatic heterocycles. The van der Waals surface area contributed by atoms with Crippen molar-refractivity contribution >= 4 is 49.4 Å². The van der Waals surface area contributed by atoms with Gasteiger partial charge >= 0.3 is 60.3 Å². The number of hydrogen-bond donors (Lipinski definition) is 6. The second-order valence-corrected chi connectivity index (χ2v) is 37.6. The molecule has 0 amide bonds. The third-order valence-electron chi connectivity index (χ3n) is 23.4. The first kappa shape index (κ1) is 110. The summed E-state index contributed by atoms with van der Waals surface area (Å²) < 4.78 is 0. The molecule has 6 aliphatic rings. The third kappa shape index (κ3) is 36.3. The molecule has 0 bridgehead atoms. The minimum atomic E-state index is -0.375. The average molecular weight is 2310 g/mol. The topological polar surface area (TPSA) is 179 Å². The van der Waals surface area contributed by atoms with Crippen molar-refractivity contribution in [3.63, 3.8) is 0 Å². The largest absolute Gasteiger partial charge is 3.00 e. The van der Waals surface area contributed by atoms with Crippen LogP contribution >= 0.6 is 0 Å². The molecule has 132 heavy (non-hydrogen) atoms. The van der Waals surface area contributed by atoms with E-state index in [1.165, 1.54) is 126 Å². The van der Waals surface area contributed by atoms with E-state index in [0.717, 1.165) is 56.8 Å². The Hall–Kier alpha value is -9.06. The molecule has 6 heterocycles. The van der Waals surface area contributed by atoms with Crippen LogP contribution in [-0.2, 0) is 60.3 Å². The van der Waals surface area contributed by atoms with Crippen LogP contribution in [0.15, 0.2) is 274 Å². The Morgan fingerprint density at radius 2 is 0.614 bits per heavy atom. The van der Waals surface area contributed by atoms with Crippen molar-refractivity contribution < 1.29 is 91.0 Å². The van der Waals surface area contributed by atoms with Crippen molar-refractivity contribution in [3.8, 4) is 33.8 Å². The summed E-state index contributed by atoms with van der Waals surface area (Å²) in [6.45, 7) is 30.5. The molecule has 18 rings (SSSR count). The van der Waals surface area contributed by atoms with Crippen molar-refractivity contribution in [1.82, 2.24) is 29.7 Å². The molecule has 0 spiro atoms. The van der Waals surface area contributed by atoms with Crippen LogP contribution in [-0.4, -0.2) is 118 Å². The monoisotopic (exact) mass is 2310 g/mol. The Bertz CT molecular complexity index is 5150. The van der Waals surface area contributed by atoms with Gasteiger partial charge in [0.25, 0.3) is 0 Å². The predicted molar refractivity (Wildman–Crippen MR) is 534 cm³/mol. The summed E-state index contributed by atoms with van der Waals surface area (Å²) in [5.41, 5.74) is 15.3. The van der Waals surface area contributed by atoms with Gasteiger partial charge < -0.3 is 75.0 Å². The molecule has 3 saturated carbocycles. The number of rotatable bonds is 15. The summed E-state index contributed by atoms with van der Waals surface area (Å²) in [4.78, 5) is 25.9. The second-order valence-electron chi connectivity index (χ2n) is 37.6. The molecular formula is C114H138Ir3N9O6. The predicted octanol–water partition coefficient (Wildman–Crippen LogP) is 25.1. The van der Waals surface area contributed by atoms with Crippen LogP contribution in [0.1, 0.15) is 214 Å². The number of aliphatic hydroxyl groups is 6. The maximum absolute atomic E-state index is 8.56. The van der Waals surface area contributed by atoms with Crippen molar-refractivity contribution in [2.75, 3.05) is 35.8 Å². The van der Waals surface area contributed by atoms with Crippen molar-refractivity contribution in [1.29, 1.82) is 0 Å². The van der Waals surface area contributed by atoms with E-state index in [0.29, 0.717) is 47.3 Å². The van der Waals surface area contributed by atoms with Gasteiger partial charge in [0.2, 0.25) is 0 Å².